The van der Waals surface area contributed by atoms with Crippen LogP contribution in [0.3, 0.4) is 0 Å². The predicted octanol–water partition coefficient (Wildman–Crippen LogP) is 8.91. The fraction of sp³-hybridized carbons (Fsp3) is 1.00. The SMILES string of the molecule is CCCCCCCCP(CCCCCCCC)CCCCCCCC.O=[PH](O)O. The maximum atomic E-state index is 8.74. The van der Waals surface area contributed by atoms with Crippen LogP contribution in [-0.4, -0.2) is 28.3 Å². The molecule has 0 fully saturated rings. The van der Waals surface area contributed by atoms with Crippen molar-refractivity contribution in [2.45, 2.75) is 136 Å². The molecular formula is C24H54O3P2. The van der Waals surface area contributed by atoms with Crippen LogP contribution in [0.4, 0.5) is 0 Å². The van der Waals surface area contributed by atoms with Crippen molar-refractivity contribution in [3.8, 4) is 0 Å². The van der Waals surface area contributed by atoms with Crippen molar-refractivity contribution in [3.63, 3.8) is 0 Å². The van der Waals surface area contributed by atoms with Gasteiger partial charge in [-0.15, -0.1) is 7.92 Å². The van der Waals surface area contributed by atoms with E-state index in [0.29, 0.717) is 7.92 Å². The quantitative estimate of drug-likeness (QED) is 0.135. The first-order valence-electron chi connectivity index (χ1n) is 12.7. The summed E-state index contributed by atoms with van der Waals surface area (Å²) in [6, 6.07) is 0. The average Bonchev–Trinajstić information content (AvgIpc) is 2.68. The van der Waals surface area contributed by atoms with Gasteiger partial charge in [0.25, 0.3) is 0 Å². The highest BCUT2D eigenvalue weighted by Crippen LogP contribution is 2.39. The molecule has 178 valence electrons. The van der Waals surface area contributed by atoms with Crippen molar-refractivity contribution >= 4 is 16.2 Å². The molecule has 0 bridgehead atoms. The summed E-state index contributed by atoms with van der Waals surface area (Å²) in [6.07, 6.45) is 31.2. The van der Waals surface area contributed by atoms with Crippen LogP contribution in [0, 0.1) is 0 Å². The highest BCUT2D eigenvalue weighted by molar-refractivity contribution is 7.57. The molecule has 0 atom stereocenters. The Labute approximate surface area is 185 Å². The lowest BCUT2D eigenvalue weighted by Gasteiger charge is -2.18. The van der Waals surface area contributed by atoms with Gasteiger partial charge in [-0.05, 0) is 37.7 Å². The number of hydrogen-bond acceptors (Lipinski definition) is 1. The second-order valence-electron chi connectivity index (χ2n) is 8.43. The Balaban J connectivity index is 0. The van der Waals surface area contributed by atoms with Gasteiger partial charge in [0.2, 0.25) is 0 Å². The lowest BCUT2D eigenvalue weighted by atomic mass is 10.1. The third-order valence-corrected chi connectivity index (χ3v) is 8.33. The van der Waals surface area contributed by atoms with E-state index in [0.717, 1.165) is 0 Å². The van der Waals surface area contributed by atoms with Gasteiger partial charge in [0, 0.05) is 0 Å². The molecule has 0 heterocycles. The molecule has 2 N–H and O–H groups in total. The van der Waals surface area contributed by atoms with Crippen LogP contribution < -0.4 is 0 Å². The lowest BCUT2D eigenvalue weighted by Crippen LogP contribution is -1.97. The largest absolute Gasteiger partial charge is 0.326 e. The Morgan fingerprint density at radius 2 is 0.690 bits per heavy atom. The van der Waals surface area contributed by atoms with E-state index in [2.05, 4.69) is 20.8 Å². The third-order valence-electron chi connectivity index (χ3n) is 5.48. The van der Waals surface area contributed by atoms with Gasteiger partial charge in [-0.3, -0.25) is 4.57 Å². The Hall–Kier alpha value is 0.580. The molecule has 0 saturated carbocycles. The number of rotatable bonds is 21. The zero-order valence-electron chi connectivity index (χ0n) is 20.1. The first kappa shape index (κ1) is 31.8. The average molecular weight is 453 g/mol. The highest BCUT2D eigenvalue weighted by Gasteiger charge is 2.07. The van der Waals surface area contributed by atoms with Gasteiger partial charge in [-0.1, -0.05) is 117 Å². The van der Waals surface area contributed by atoms with Crippen molar-refractivity contribution in [1.82, 2.24) is 0 Å². The van der Waals surface area contributed by atoms with Gasteiger partial charge in [0.1, 0.15) is 0 Å². The van der Waals surface area contributed by atoms with Crippen LogP contribution in [0.2, 0.25) is 0 Å². The smallest absolute Gasteiger partial charge is 0.314 e. The van der Waals surface area contributed by atoms with Crippen molar-refractivity contribution in [3.05, 3.63) is 0 Å². The van der Waals surface area contributed by atoms with E-state index in [1.807, 2.05) is 0 Å². The van der Waals surface area contributed by atoms with Crippen molar-refractivity contribution in [2.24, 2.45) is 0 Å². The molecule has 0 radical (unpaired) electrons. The van der Waals surface area contributed by atoms with Crippen LogP contribution in [-0.2, 0) is 4.57 Å². The summed E-state index contributed by atoms with van der Waals surface area (Å²) in [5.41, 5.74) is 0. The summed E-state index contributed by atoms with van der Waals surface area (Å²) in [4.78, 5) is 14.3. The first-order valence-corrected chi connectivity index (χ1v) is 15.9. The summed E-state index contributed by atoms with van der Waals surface area (Å²) < 4.78 is 8.74. The monoisotopic (exact) mass is 452 g/mol. The Bertz CT molecular complexity index is 272. The topological polar surface area (TPSA) is 57.5 Å². The minimum absolute atomic E-state index is 0.366. The van der Waals surface area contributed by atoms with Gasteiger partial charge in [-0.2, -0.15) is 0 Å². The van der Waals surface area contributed by atoms with Crippen LogP contribution in [0.15, 0.2) is 0 Å². The summed E-state index contributed by atoms with van der Waals surface area (Å²) in [5, 5.41) is 0. The molecule has 0 aromatic heterocycles. The Morgan fingerprint density at radius 3 is 0.931 bits per heavy atom. The van der Waals surface area contributed by atoms with Gasteiger partial charge in [-0.25, -0.2) is 0 Å². The Kier molecular flexibility index (Phi) is 31.3. The molecule has 0 aromatic carbocycles. The summed E-state index contributed by atoms with van der Waals surface area (Å²) in [5.74, 6) is 0. The first-order chi connectivity index (χ1) is 14.1. The fourth-order valence-corrected chi connectivity index (χ4v) is 6.37. The number of hydrogen-bond donors (Lipinski definition) is 2. The molecule has 0 spiro atoms. The van der Waals surface area contributed by atoms with Gasteiger partial charge in [0.05, 0.1) is 0 Å². The van der Waals surface area contributed by atoms with E-state index in [9.17, 15) is 0 Å². The second kappa shape index (κ2) is 28.6. The van der Waals surface area contributed by atoms with E-state index in [1.165, 1.54) is 116 Å². The molecule has 29 heavy (non-hydrogen) atoms. The standard InChI is InChI=1S/C24H51P.H3O3P/c1-4-7-10-13-16-19-22-25(23-20-17-14-11-8-5-2)24-21-18-15-12-9-6-3;1-4(2)3/h4-24H2,1-3H3;4H,(H2,1,2,3). The summed E-state index contributed by atoms with van der Waals surface area (Å²) in [7, 11) is -2.76. The minimum Gasteiger partial charge on any atom is -0.326 e. The molecule has 0 amide bonds. The summed E-state index contributed by atoms with van der Waals surface area (Å²) >= 11 is 0. The molecule has 0 saturated heterocycles. The highest BCUT2D eigenvalue weighted by atomic mass is 31.1. The van der Waals surface area contributed by atoms with E-state index in [4.69, 9.17) is 14.4 Å². The van der Waals surface area contributed by atoms with Crippen LogP contribution in [0.5, 0.6) is 0 Å². The molecule has 0 rings (SSSR count). The zero-order chi connectivity index (χ0) is 22.0. The van der Waals surface area contributed by atoms with E-state index < -0.39 is 8.25 Å². The van der Waals surface area contributed by atoms with Gasteiger partial charge >= 0.3 is 8.25 Å². The molecule has 5 heteroatoms. The molecular weight excluding hydrogens is 398 g/mol. The van der Waals surface area contributed by atoms with Gasteiger partial charge in [0.15, 0.2) is 0 Å². The van der Waals surface area contributed by atoms with E-state index in [1.54, 1.807) is 18.5 Å². The second-order valence-corrected chi connectivity index (χ2v) is 11.7. The van der Waals surface area contributed by atoms with Crippen LogP contribution in [0.1, 0.15) is 136 Å². The molecule has 0 aliphatic carbocycles. The molecule has 0 aliphatic heterocycles. The normalized spacial score (nSPS) is 11.1. The molecule has 3 nitrogen and oxygen atoms in total. The van der Waals surface area contributed by atoms with Crippen LogP contribution >= 0.6 is 16.2 Å². The zero-order valence-corrected chi connectivity index (χ0v) is 22.0. The van der Waals surface area contributed by atoms with Crippen molar-refractivity contribution in [2.75, 3.05) is 18.5 Å². The van der Waals surface area contributed by atoms with E-state index >= 15 is 0 Å². The lowest BCUT2D eigenvalue weighted by molar-refractivity contribution is 0.405. The maximum Gasteiger partial charge on any atom is 0.314 e. The van der Waals surface area contributed by atoms with Crippen molar-refractivity contribution in [1.29, 1.82) is 0 Å². The number of unbranched alkanes of at least 4 members (excludes halogenated alkanes) is 15. The predicted molar refractivity (Wildman–Crippen MR) is 135 cm³/mol. The minimum atomic E-state index is -3.13. The maximum absolute atomic E-state index is 8.74. The summed E-state index contributed by atoms with van der Waals surface area (Å²) in [6.45, 7) is 6.96. The fourth-order valence-electron chi connectivity index (χ4n) is 3.68. The molecule has 0 unspecified atom stereocenters. The van der Waals surface area contributed by atoms with Crippen LogP contribution in [0.25, 0.3) is 0 Å². The molecule has 0 aliphatic rings. The molecule has 0 aromatic rings. The van der Waals surface area contributed by atoms with Crippen molar-refractivity contribution < 1.29 is 14.4 Å². The third kappa shape index (κ3) is 33.4. The van der Waals surface area contributed by atoms with Gasteiger partial charge < -0.3 is 9.79 Å². The van der Waals surface area contributed by atoms with E-state index in [-0.39, 0.29) is 0 Å². The Morgan fingerprint density at radius 1 is 0.483 bits per heavy atom.